The Kier molecular flexibility index (Phi) is 3.96. The molecule has 106 valence electrons. The summed E-state index contributed by atoms with van der Waals surface area (Å²) in [6.45, 7) is 3.28. The molecule has 0 aliphatic carbocycles. The van der Waals surface area contributed by atoms with E-state index in [0.717, 1.165) is 17.0 Å². The molecule has 21 heavy (non-hydrogen) atoms. The first-order valence-electron chi connectivity index (χ1n) is 6.89. The number of ether oxygens (including phenoxy) is 1. The number of hydrogen-bond acceptors (Lipinski definition) is 3. The van der Waals surface area contributed by atoms with Crippen molar-refractivity contribution in [3.8, 4) is 5.75 Å². The molecule has 2 aromatic heterocycles. The number of benzene rings is 1. The number of aromatic nitrogens is 3. The number of hydrogen-bond donors (Lipinski definition) is 0. The summed E-state index contributed by atoms with van der Waals surface area (Å²) in [4.78, 5) is 8.45. The molecule has 0 amide bonds. The normalized spacial score (nSPS) is 10.5. The molecule has 0 spiro atoms. The van der Waals surface area contributed by atoms with Crippen LogP contribution in [0.15, 0.2) is 61.3 Å². The topological polar surface area (TPSA) is 39.9 Å². The largest absolute Gasteiger partial charge is 0.487 e. The predicted molar refractivity (Wildman–Crippen MR) is 81.1 cm³/mol. The van der Waals surface area contributed by atoms with Crippen LogP contribution in [0.4, 0.5) is 0 Å². The molecule has 0 radical (unpaired) electrons. The van der Waals surface area contributed by atoms with E-state index in [1.165, 1.54) is 5.56 Å². The molecule has 0 aliphatic rings. The first kappa shape index (κ1) is 13.4. The minimum atomic E-state index is 0.545. The van der Waals surface area contributed by atoms with Crippen LogP contribution >= 0.6 is 0 Å². The second-order valence-corrected chi connectivity index (χ2v) is 4.96. The summed E-state index contributed by atoms with van der Waals surface area (Å²) in [5.41, 5.74) is 3.31. The van der Waals surface area contributed by atoms with Gasteiger partial charge in [0.2, 0.25) is 0 Å². The van der Waals surface area contributed by atoms with Crippen molar-refractivity contribution >= 4 is 0 Å². The van der Waals surface area contributed by atoms with Gasteiger partial charge >= 0.3 is 0 Å². The van der Waals surface area contributed by atoms with Crippen molar-refractivity contribution in [1.29, 1.82) is 0 Å². The zero-order valence-corrected chi connectivity index (χ0v) is 11.9. The Morgan fingerprint density at radius 2 is 1.95 bits per heavy atom. The van der Waals surface area contributed by atoms with E-state index in [1.807, 2.05) is 22.9 Å². The number of nitrogens with zero attached hydrogens (tertiary/aromatic N) is 3. The second kappa shape index (κ2) is 6.22. The van der Waals surface area contributed by atoms with E-state index in [2.05, 4.69) is 41.2 Å². The monoisotopic (exact) mass is 279 g/mol. The third-order valence-electron chi connectivity index (χ3n) is 3.25. The van der Waals surface area contributed by atoms with Crippen molar-refractivity contribution in [3.05, 3.63) is 78.1 Å². The Labute approximate surface area is 124 Å². The zero-order valence-electron chi connectivity index (χ0n) is 11.9. The Morgan fingerprint density at radius 3 is 2.71 bits per heavy atom. The Bertz CT molecular complexity index is 690. The van der Waals surface area contributed by atoms with Crippen LogP contribution in [0.25, 0.3) is 0 Å². The smallest absolute Gasteiger partial charge is 0.143 e. The maximum atomic E-state index is 5.92. The van der Waals surface area contributed by atoms with E-state index in [0.29, 0.717) is 13.2 Å². The molecule has 2 heterocycles. The number of rotatable bonds is 5. The van der Waals surface area contributed by atoms with Crippen LogP contribution in [0, 0.1) is 6.92 Å². The van der Waals surface area contributed by atoms with Crippen LogP contribution in [0.5, 0.6) is 5.75 Å². The number of aryl methyl sites for hydroxylation is 1. The van der Waals surface area contributed by atoms with Gasteiger partial charge in [-0.2, -0.15) is 0 Å². The highest BCUT2D eigenvalue weighted by atomic mass is 16.5. The molecule has 4 heteroatoms. The van der Waals surface area contributed by atoms with Gasteiger partial charge in [0, 0.05) is 18.6 Å². The minimum Gasteiger partial charge on any atom is -0.487 e. The van der Waals surface area contributed by atoms with Crippen molar-refractivity contribution in [3.63, 3.8) is 0 Å². The quantitative estimate of drug-likeness (QED) is 0.720. The van der Waals surface area contributed by atoms with E-state index in [9.17, 15) is 0 Å². The average Bonchev–Trinajstić information content (AvgIpc) is 3.01. The fourth-order valence-corrected chi connectivity index (χ4v) is 2.07. The van der Waals surface area contributed by atoms with Gasteiger partial charge in [0.05, 0.1) is 12.9 Å². The molecule has 0 saturated carbocycles. The molecule has 1 aromatic carbocycles. The molecule has 0 saturated heterocycles. The second-order valence-electron chi connectivity index (χ2n) is 4.96. The summed E-state index contributed by atoms with van der Waals surface area (Å²) in [7, 11) is 0. The van der Waals surface area contributed by atoms with Crippen molar-refractivity contribution in [2.24, 2.45) is 0 Å². The molecule has 0 atom stereocenters. The van der Waals surface area contributed by atoms with Crippen LogP contribution < -0.4 is 4.74 Å². The highest BCUT2D eigenvalue weighted by Gasteiger charge is 2.05. The summed E-state index contributed by atoms with van der Waals surface area (Å²) in [5.74, 6) is 0.812. The lowest BCUT2D eigenvalue weighted by Gasteiger charge is -2.11. The van der Waals surface area contributed by atoms with Crippen LogP contribution in [-0.2, 0) is 13.2 Å². The lowest BCUT2D eigenvalue weighted by atomic mass is 10.2. The zero-order chi connectivity index (χ0) is 14.5. The van der Waals surface area contributed by atoms with Gasteiger partial charge in [0.1, 0.15) is 18.1 Å². The van der Waals surface area contributed by atoms with E-state index in [-0.39, 0.29) is 0 Å². The Hall–Kier alpha value is -2.62. The summed E-state index contributed by atoms with van der Waals surface area (Å²) >= 11 is 0. The number of imidazole rings is 1. The van der Waals surface area contributed by atoms with Crippen LogP contribution in [0.1, 0.15) is 16.8 Å². The molecule has 0 fully saturated rings. The average molecular weight is 279 g/mol. The van der Waals surface area contributed by atoms with Gasteiger partial charge in [-0.1, -0.05) is 29.8 Å². The molecule has 0 unspecified atom stereocenters. The summed E-state index contributed by atoms with van der Waals surface area (Å²) in [6.07, 6.45) is 7.23. The Morgan fingerprint density at radius 1 is 1.10 bits per heavy atom. The van der Waals surface area contributed by atoms with E-state index in [4.69, 9.17) is 4.74 Å². The standard InChI is InChI=1S/C17H17N3O/c1-14-4-6-15(7-5-14)12-21-17-3-2-8-19-16(17)11-20-10-9-18-13-20/h2-10,13H,11-12H2,1H3. The Balaban J connectivity index is 1.71. The third kappa shape index (κ3) is 3.48. The van der Waals surface area contributed by atoms with Crippen LogP contribution in [-0.4, -0.2) is 14.5 Å². The van der Waals surface area contributed by atoms with Crippen molar-refractivity contribution in [2.45, 2.75) is 20.1 Å². The molecular formula is C17H17N3O. The lowest BCUT2D eigenvalue weighted by Crippen LogP contribution is -2.04. The van der Waals surface area contributed by atoms with Crippen molar-refractivity contribution in [2.75, 3.05) is 0 Å². The van der Waals surface area contributed by atoms with Crippen LogP contribution in [0.3, 0.4) is 0 Å². The molecule has 0 N–H and O–H groups in total. The maximum Gasteiger partial charge on any atom is 0.143 e. The number of pyridine rings is 1. The van der Waals surface area contributed by atoms with Gasteiger partial charge in [0.25, 0.3) is 0 Å². The van der Waals surface area contributed by atoms with Crippen LogP contribution in [0.2, 0.25) is 0 Å². The summed E-state index contributed by atoms with van der Waals surface area (Å²) in [6, 6.07) is 12.2. The highest BCUT2D eigenvalue weighted by molar-refractivity contribution is 5.28. The van der Waals surface area contributed by atoms with Gasteiger partial charge < -0.3 is 9.30 Å². The summed E-state index contributed by atoms with van der Waals surface area (Å²) < 4.78 is 7.89. The first-order valence-corrected chi connectivity index (χ1v) is 6.89. The van der Waals surface area contributed by atoms with Gasteiger partial charge in [-0.25, -0.2) is 4.98 Å². The highest BCUT2D eigenvalue weighted by Crippen LogP contribution is 2.18. The van der Waals surface area contributed by atoms with E-state index in [1.54, 1.807) is 18.7 Å². The predicted octanol–water partition coefficient (Wildman–Crippen LogP) is 3.21. The van der Waals surface area contributed by atoms with Crippen molar-refractivity contribution in [1.82, 2.24) is 14.5 Å². The van der Waals surface area contributed by atoms with Gasteiger partial charge in [0.15, 0.2) is 0 Å². The molecular weight excluding hydrogens is 262 g/mol. The first-order chi connectivity index (χ1) is 10.3. The third-order valence-corrected chi connectivity index (χ3v) is 3.25. The fourth-order valence-electron chi connectivity index (χ4n) is 2.07. The van der Waals surface area contributed by atoms with Gasteiger partial charge in [-0.3, -0.25) is 4.98 Å². The van der Waals surface area contributed by atoms with E-state index >= 15 is 0 Å². The molecule has 3 aromatic rings. The lowest BCUT2D eigenvalue weighted by molar-refractivity contribution is 0.300. The summed E-state index contributed by atoms with van der Waals surface area (Å²) in [5, 5.41) is 0. The molecule has 4 nitrogen and oxygen atoms in total. The minimum absolute atomic E-state index is 0.545. The maximum absolute atomic E-state index is 5.92. The SMILES string of the molecule is Cc1ccc(COc2cccnc2Cn2ccnc2)cc1. The van der Waals surface area contributed by atoms with E-state index < -0.39 is 0 Å². The van der Waals surface area contributed by atoms with Gasteiger partial charge in [-0.15, -0.1) is 0 Å². The fraction of sp³-hybridized carbons (Fsp3) is 0.176. The molecule has 3 rings (SSSR count). The molecule has 0 bridgehead atoms. The molecule has 0 aliphatic heterocycles. The van der Waals surface area contributed by atoms with Crippen molar-refractivity contribution < 1.29 is 4.74 Å². The van der Waals surface area contributed by atoms with Gasteiger partial charge in [-0.05, 0) is 24.6 Å².